The Balaban J connectivity index is 1.84. The Kier molecular flexibility index (Phi) is 3.61. The number of amides is 1. The molecule has 5 heteroatoms. The Labute approximate surface area is 129 Å². The zero-order chi connectivity index (χ0) is 15.7. The maximum atomic E-state index is 12.8. The fraction of sp³-hybridized carbons (Fsp3) is 0.471. The molecule has 0 atom stereocenters. The van der Waals surface area contributed by atoms with Crippen LogP contribution in [-0.4, -0.2) is 28.4 Å². The van der Waals surface area contributed by atoms with Gasteiger partial charge in [0.25, 0.3) is 0 Å². The van der Waals surface area contributed by atoms with E-state index in [4.69, 9.17) is 5.11 Å². The standard InChI is InChI=1S/C17H18N2O3/c18-11-17(6-1-2-7-17)16(22)19-8-5-12-3-4-13(15(20)21)9-14(12)10-19/h3-4,9H,1-2,5-8,10H2,(H,20,21). The third kappa shape index (κ3) is 2.35. The fourth-order valence-electron chi connectivity index (χ4n) is 3.52. The van der Waals surface area contributed by atoms with Crippen molar-refractivity contribution in [1.29, 1.82) is 5.26 Å². The highest BCUT2D eigenvalue weighted by molar-refractivity contribution is 5.88. The first-order valence-corrected chi connectivity index (χ1v) is 7.61. The average Bonchev–Trinajstić information content (AvgIpc) is 3.03. The van der Waals surface area contributed by atoms with Crippen LogP contribution in [0.5, 0.6) is 0 Å². The van der Waals surface area contributed by atoms with Crippen molar-refractivity contribution in [3.63, 3.8) is 0 Å². The van der Waals surface area contributed by atoms with Gasteiger partial charge in [-0.2, -0.15) is 5.26 Å². The number of aromatic carboxylic acids is 1. The van der Waals surface area contributed by atoms with Gasteiger partial charge in [0, 0.05) is 13.1 Å². The number of carbonyl (C=O) groups is 2. The Hall–Kier alpha value is -2.35. The van der Waals surface area contributed by atoms with Crippen molar-refractivity contribution in [3.8, 4) is 6.07 Å². The van der Waals surface area contributed by atoms with E-state index in [9.17, 15) is 14.9 Å². The second kappa shape index (κ2) is 5.45. The van der Waals surface area contributed by atoms with E-state index >= 15 is 0 Å². The molecule has 1 aliphatic heterocycles. The minimum atomic E-state index is -0.962. The predicted molar refractivity (Wildman–Crippen MR) is 79.0 cm³/mol. The van der Waals surface area contributed by atoms with Crippen LogP contribution in [0.3, 0.4) is 0 Å². The number of rotatable bonds is 2. The lowest BCUT2D eigenvalue weighted by atomic mass is 9.85. The van der Waals surface area contributed by atoms with Crippen molar-refractivity contribution in [3.05, 3.63) is 34.9 Å². The summed E-state index contributed by atoms with van der Waals surface area (Å²) in [5.74, 6) is -1.05. The highest BCUT2D eigenvalue weighted by Gasteiger charge is 2.44. The Bertz CT molecular complexity index is 669. The van der Waals surface area contributed by atoms with Crippen LogP contribution in [-0.2, 0) is 17.8 Å². The molecule has 1 fully saturated rings. The second-order valence-electron chi connectivity index (χ2n) is 6.17. The van der Waals surface area contributed by atoms with Crippen molar-refractivity contribution in [2.75, 3.05) is 6.54 Å². The van der Waals surface area contributed by atoms with Crippen LogP contribution in [0.1, 0.15) is 47.2 Å². The van der Waals surface area contributed by atoms with E-state index < -0.39 is 11.4 Å². The summed E-state index contributed by atoms with van der Waals surface area (Å²) in [7, 11) is 0. The largest absolute Gasteiger partial charge is 0.478 e. The lowest BCUT2D eigenvalue weighted by Crippen LogP contribution is -2.44. The highest BCUT2D eigenvalue weighted by atomic mass is 16.4. The zero-order valence-corrected chi connectivity index (χ0v) is 12.3. The molecular weight excluding hydrogens is 280 g/mol. The van der Waals surface area contributed by atoms with Crippen LogP contribution < -0.4 is 0 Å². The van der Waals surface area contributed by atoms with Crippen molar-refractivity contribution in [1.82, 2.24) is 4.90 Å². The van der Waals surface area contributed by atoms with Crippen molar-refractivity contribution in [2.24, 2.45) is 5.41 Å². The summed E-state index contributed by atoms with van der Waals surface area (Å²) in [6.07, 6.45) is 3.84. The topological polar surface area (TPSA) is 81.4 Å². The zero-order valence-electron chi connectivity index (χ0n) is 12.3. The number of benzene rings is 1. The van der Waals surface area contributed by atoms with Gasteiger partial charge in [0.2, 0.25) is 5.91 Å². The number of hydrogen-bond donors (Lipinski definition) is 1. The minimum Gasteiger partial charge on any atom is -0.478 e. The first kappa shape index (κ1) is 14.6. The first-order chi connectivity index (χ1) is 10.6. The number of hydrogen-bond acceptors (Lipinski definition) is 3. The molecule has 3 rings (SSSR count). The molecule has 22 heavy (non-hydrogen) atoms. The van der Waals surface area contributed by atoms with Gasteiger partial charge >= 0.3 is 5.97 Å². The molecule has 1 N–H and O–H groups in total. The second-order valence-corrected chi connectivity index (χ2v) is 6.17. The van der Waals surface area contributed by atoms with Crippen LogP contribution in [0.25, 0.3) is 0 Å². The van der Waals surface area contributed by atoms with Crippen molar-refractivity contribution in [2.45, 2.75) is 38.6 Å². The molecular formula is C17H18N2O3. The minimum absolute atomic E-state index is 0.0844. The van der Waals surface area contributed by atoms with Gasteiger partial charge < -0.3 is 10.0 Å². The molecule has 0 unspecified atom stereocenters. The van der Waals surface area contributed by atoms with Gasteiger partial charge in [-0.3, -0.25) is 4.79 Å². The molecule has 1 aromatic carbocycles. The molecule has 0 spiro atoms. The van der Waals surface area contributed by atoms with E-state index in [0.29, 0.717) is 32.4 Å². The number of carboxylic acid groups (broad SMARTS) is 1. The fourth-order valence-corrected chi connectivity index (χ4v) is 3.52. The van der Waals surface area contributed by atoms with Gasteiger partial charge in [0.05, 0.1) is 11.6 Å². The summed E-state index contributed by atoms with van der Waals surface area (Å²) in [5, 5.41) is 18.5. The average molecular weight is 298 g/mol. The Morgan fingerprint density at radius 1 is 1.23 bits per heavy atom. The molecule has 114 valence electrons. The molecule has 5 nitrogen and oxygen atoms in total. The third-order valence-corrected chi connectivity index (χ3v) is 4.83. The summed E-state index contributed by atoms with van der Waals surface area (Å²) in [4.78, 5) is 25.6. The predicted octanol–water partition coefficient (Wildman–Crippen LogP) is 2.35. The summed E-state index contributed by atoms with van der Waals surface area (Å²) in [6, 6.07) is 7.32. The van der Waals surface area contributed by atoms with Crippen LogP contribution in [0.15, 0.2) is 18.2 Å². The normalized spacial score (nSPS) is 19.3. The Morgan fingerprint density at radius 2 is 1.95 bits per heavy atom. The summed E-state index contributed by atoms with van der Waals surface area (Å²) in [6.45, 7) is 1.00. The molecule has 1 heterocycles. The number of nitriles is 1. The number of carbonyl (C=O) groups excluding carboxylic acids is 1. The maximum absolute atomic E-state index is 12.8. The molecule has 0 aromatic heterocycles. The van der Waals surface area contributed by atoms with Gasteiger partial charge in [-0.25, -0.2) is 4.79 Å². The van der Waals surface area contributed by atoms with Crippen LogP contribution in [0, 0.1) is 16.7 Å². The monoisotopic (exact) mass is 298 g/mol. The van der Waals surface area contributed by atoms with Crippen LogP contribution in [0.4, 0.5) is 0 Å². The smallest absolute Gasteiger partial charge is 0.335 e. The molecule has 1 aliphatic carbocycles. The molecule has 2 aliphatic rings. The number of nitrogens with zero attached hydrogens (tertiary/aromatic N) is 2. The van der Waals surface area contributed by atoms with E-state index in [1.807, 2.05) is 6.07 Å². The summed E-state index contributed by atoms with van der Waals surface area (Å²) < 4.78 is 0. The van der Waals surface area contributed by atoms with Gasteiger partial charge in [-0.05, 0) is 42.5 Å². The van der Waals surface area contributed by atoms with Crippen LogP contribution in [0.2, 0.25) is 0 Å². The summed E-state index contributed by atoms with van der Waals surface area (Å²) >= 11 is 0. The third-order valence-electron chi connectivity index (χ3n) is 4.83. The van der Waals surface area contributed by atoms with Gasteiger partial charge in [0.15, 0.2) is 0 Å². The quantitative estimate of drug-likeness (QED) is 0.908. The maximum Gasteiger partial charge on any atom is 0.335 e. The molecule has 0 bridgehead atoms. The number of carboxylic acids is 1. The van der Waals surface area contributed by atoms with Crippen LogP contribution >= 0.6 is 0 Å². The van der Waals surface area contributed by atoms with Crippen molar-refractivity contribution < 1.29 is 14.7 Å². The van der Waals surface area contributed by atoms with Gasteiger partial charge in [-0.1, -0.05) is 18.9 Å². The number of fused-ring (bicyclic) bond motifs is 1. The molecule has 0 saturated heterocycles. The SMILES string of the molecule is N#CC1(C(=O)N2CCc3ccc(C(=O)O)cc3C2)CCCC1. The van der Waals surface area contributed by atoms with Gasteiger partial charge in [0.1, 0.15) is 5.41 Å². The van der Waals surface area contributed by atoms with Crippen molar-refractivity contribution >= 4 is 11.9 Å². The Morgan fingerprint density at radius 3 is 2.59 bits per heavy atom. The van der Waals surface area contributed by atoms with Gasteiger partial charge in [-0.15, -0.1) is 0 Å². The first-order valence-electron chi connectivity index (χ1n) is 7.61. The van der Waals surface area contributed by atoms with E-state index in [-0.39, 0.29) is 11.5 Å². The lowest BCUT2D eigenvalue weighted by Gasteiger charge is -2.33. The van der Waals surface area contributed by atoms with E-state index in [1.165, 1.54) is 0 Å². The molecule has 1 amide bonds. The summed E-state index contributed by atoms with van der Waals surface area (Å²) in [5.41, 5.74) is 1.35. The van der Waals surface area contributed by atoms with E-state index in [0.717, 1.165) is 24.0 Å². The van der Waals surface area contributed by atoms with E-state index in [2.05, 4.69) is 6.07 Å². The molecule has 1 aromatic rings. The molecule has 0 radical (unpaired) electrons. The highest BCUT2D eigenvalue weighted by Crippen LogP contribution is 2.40. The van der Waals surface area contributed by atoms with E-state index in [1.54, 1.807) is 17.0 Å². The molecule has 1 saturated carbocycles. The lowest BCUT2D eigenvalue weighted by molar-refractivity contribution is -0.139.